The third-order valence-corrected chi connectivity index (χ3v) is 2.76. The quantitative estimate of drug-likeness (QED) is 0.855. The molecule has 2 aromatic rings. The topological polar surface area (TPSA) is 33.0 Å². The molecule has 0 amide bonds. The Bertz CT molecular complexity index is 593. The Morgan fingerprint density at radius 2 is 1.94 bits per heavy atom. The van der Waals surface area contributed by atoms with Gasteiger partial charge in [0.2, 0.25) is 0 Å². The molecule has 0 unspecified atom stereocenters. The van der Waals surface area contributed by atoms with E-state index < -0.39 is 5.82 Å². The summed E-state index contributed by atoms with van der Waals surface area (Å²) < 4.78 is 18.9. The third kappa shape index (κ3) is 2.82. The summed E-state index contributed by atoms with van der Waals surface area (Å²) in [4.78, 5) is 0.448. The van der Waals surface area contributed by atoms with Crippen LogP contribution in [0.4, 0.5) is 4.39 Å². The third-order valence-electron chi connectivity index (χ3n) is 2.41. The molecule has 0 bridgehead atoms. The largest absolute Gasteiger partial charge is 0.488 e. The maximum atomic E-state index is 13.4. The van der Waals surface area contributed by atoms with Crippen molar-refractivity contribution in [1.82, 2.24) is 0 Å². The number of nitrogens with zero attached hydrogens (tertiary/aromatic N) is 1. The lowest BCUT2D eigenvalue weighted by Crippen LogP contribution is -1.97. The van der Waals surface area contributed by atoms with Crippen molar-refractivity contribution in [2.45, 2.75) is 11.5 Å². The van der Waals surface area contributed by atoms with Crippen molar-refractivity contribution in [2.24, 2.45) is 0 Å². The number of hydrogen-bond donors (Lipinski definition) is 1. The molecule has 2 aromatic carbocycles. The second-order valence-corrected chi connectivity index (χ2v) is 4.17. The van der Waals surface area contributed by atoms with Gasteiger partial charge in [0, 0.05) is 11.0 Å². The van der Waals surface area contributed by atoms with Crippen LogP contribution in [0.5, 0.6) is 5.75 Å². The lowest BCUT2D eigenvalue weighted by molar-refractivity contribution is 0.297. The van der Waals surface area contributed by atoms with Crippen molar-refractivity contribution < 1.29 is 9.13 Å². The smallest absolute Gasteiger partial charge is 0.144 e. The summed E-state index contributed by atoms with van der Waals surface area (Å²) in [6.45, 7) is 0.333. The molecule has 4 heteroatoms. The van der Waals surface area contributed by atoms with Crippen LogP contribution in [0.2, 0.25) is 0 Å². The maximum absolute atomic E-state index is 13.4. The molecule has 0 saturated carbocycles. The molecule has 0 fully saturated rings. The highest BCUT2D eigenvalue weighted by molar-refractivity contribution is 7.80. The second kappa shape index (κ2) is 5.56. The van der Waals surface area contributed by atoms with Gasteiger partial charge in [-0.1, -0.05) is 30.3 Å². The zero-order chi connectivity index (χ0) is 13.0. The molecular weight excluding hydrogens is 249 g/mol. The molecule has 0 radical (unpaired) electrons. The highest BCUT2D eigenvalue weighted by atomic mass is 32.1. The lowest BCUT2D eigenvalue weighted by atomic mass is 10.2. The minimum Gasteiger partial charge on any atom is -0.488 e. The first kappa shape index (κ1) is 12.5. The highest BCUT2D eigenvalue weighted by Gasteiger charge is 2.08. The van der Waals surface area contributed by atoms with Crippen LogP contribution in [0.15, 0.2) is 47.4 Å². The van der Waals surface area contributed by atoms with Crippen LogP contribution in [0.1, 0.15) is 11.1 Å². The van der Waals surface area contributed by atoms with Gasteiger partial charge in [0.25, 0.3) is 0 Å². The molecule has 90 valence electrons. The first-order chi connectivity index (χ1) is 8.70. The van der Waals surface area contributed by atoms with E-state index in [0.29, 0.717) is 17.3 Å². The van der Waals surface area contributed by atoms with Crippen molar-refractivity contribution >= 4 is 12.6 Å². The van der Waals surface area contributed by atoms with Gasteiger partial charge in [-0.3, -0.25) is 0 Å². The summed E-state index contributed by atoms with van der Waals surface area (Å²) in [6.07, 6.45) is 0. The molecule has 0 aliphatic heterocycles. The second-order valence-electron chi connectivity index (χ2n) is 3.69. The fourth-order valence-electron chi connectivity index (χ4n) is 1.48. The SMILES string of the molecule is N#Cc1cc(S)c(OCc2ccccc2)cc1F. The Hall–Kier alpha value is -1.99. The van der Waals surface area contributed by atoms with Gasteiger partial charge in [0.15, 0.2) is 0 Å². The highest BCUT2D eigenvalue weighted by Crippen LogP contribution is 2.26. The van der Waals surface area contributed by atoms with Crippen LogP contribution in [-0.4, -0.2) is 0 Å². The van der Waals surface area contributed by atoms with Crippen LogP contribution in [0.3, 0.4) is 0 Å². The fourth-order valence-corrected chi connectivity index (χ4v) is 1.74. The van der Waals surface area contributed by atoms with Crippen molar-refractivity contribution in [2.75, 3.05) is 0 Å². The summed E-state index contributed by atoms with van der Waals surface area (Å²) in [5.74, 6) is -0.267. The number of ether oxygens (including phenoxy) is 1. The average molecular weight is 259 g/mol. The van der Waals surface area contributed by atoms with Gasteiger partial charge in [-0.25, -0.2) is 4.39 Å². The van der Waals surface area contributed by atoms with E-state index in [4.69, 9.17) is 10.00 Å². The van der Waals surface area contributed by atoms with Crippen LogP contribution >= 0.6 is 12.6 Å². The van der Waals surface area contributed by atoms with Crippen LogP contribution in [-0.2, 0) is 6.61 Å². The van der Waals surface area contributed by atoms with Crippen molar-refractivity contribution in [3.8, 4) is 11.8 Å². The van der Waals surface area contributed by atoms with Crippen molar-refractivity contribution in [3.63, 3.8) is 0 Å². The Morgan fingerprint density at radius 1 is 1.22 bits per heavy atom. The molecule has 0 aliphatic rings. The number of halogens is 1. The molecular formula is C14H10FNOS. The maximum Gasteiger partial charge on any atom is 0.144 e. The lowest BCUT2D eigenvalue weighted by Gasteiger charge is -2.09. The van der Waals surface area contributed by atoms with Gasteiger partial charge < -0.3 is 4.74 Å². The predicted molar refractivity (Wildman–Crippen MR) is 69.1 cm³/mol. The number of rotatable bonds is 3. The number of nitriles is 1. The molecule has 0 aliphatic carbocycles. The van der Waals surface area contributed by atoms with Crippen LogP contribution < -0.4 is 4.74 Å². The first-order valence-electron chi connectivity index (χ1n) is 5.30. The molecule has 2 rings (SSSR count). The summed E-state index contributed by atoms with van der Waals surface area (Å²) in [5.41, 5.74) is 0.946. The Kier molecular flexibility index (Phi) is 3.85. The molecule has 0 saturated heterocycles. The Morgan fingerprint density at radius 3 is 2.61 bits per heavy atom. The normalized spacial score (nSPS) is 9.83. The van der Waals surface area contributed by atoms with Gasteiger partial charge in [0.05, 0.1) is 5.56 Å². The minimum atomic E-state index is -0.599. The molecule has 2 nitrogen and oxygen atoms in total. The molecule has 0 heterocycles. The summed E-state index contributed by atoms with van der Waals surface area (Å²) in [7, 11) is 0. The van der Waals surface area contributed by atoms with Crippen molar-refractivity contribution in [3.05, 3.63) is 59.4 Å². The minimum absolute atomic E-state index is 0.0351. The number of hydrogen-bond acceptors (Lipinski definition) is 3. The van der Waals surface area contributed by atoms with E-state index in [-0.39, 0.29) is 5.56 Å². The summed E-state index contributed by atoms with van der Waals surface area (Å²) in [6, 6.07) is 13.8. The zero-order valence-electron chi connectivity index (χ0n) is 9.43. The van der Waals surface area contributed by atoms with Gasteiger partial charge >= 0.3 is 0 Å². The summed E-state index contributed by atoms with van der Waals surface area (Å²) in [5, 5.41) is 8.68. The van der Waals surface area contributed by atoms with E-state index in [1.807, 2.05) is 30.3 Å². The monoisotopic (exact) mass is 259 g/mol. The molecule has 0 spiro atoms. The zero-order valence-corrected chi connectivity index (χ0v) is 10.3. The van der Waals surface area contributed by atoms with E-state index in [1.165, 1.54) is 12.1 Å². The molecule has 18 heavy (non-hydrogen) atoms. The number of thiol groups is 1. The van der Waals surface area contributed by atoms with E-state index in [2.05, 4.69) is 12.6 Å². The van der Waals surface area contributed by atoms with Gasteiger partial charge in [-0.05, 0) is 11.6 Å². The summed E-state index contributed by atoms with van der Waals surface area (Å²) >= 11 is 4.17. The standard InChI is InChI=1S/C14H10FNOS/c15-12-7-13(14(18)6-11(12)8-16)17-9-10-4-2-1-3-5-10/h1-7,18H,9H2. The average Bonchev–Trinajstić information content (AvgIpc) is 2.40. The van der Waals surface area contributed by atoms with E-state index in [1.54, 1.807) is 6.07 Å². The fraction of sp³-hybridized carbons (Fsp3) is 0.0714. The first-order valence-corrected chi connectivity index (χ1v) is 5.75. The van der Waals surface area contributed by atoms with Crippen LogP contribution in [0, 0.1) is 17.1 Å². The molecule has 0 aromatic heterocycles. The van der Waals surface area contributed by atoms with Crippen molar-refractivity contribution in [1.29, 1.82) is 5.26 Å². The molecule has 0 atom stereocenters. The predicted octanol–water partition coefficient (Wildman–Crippen LogP) is 3.57. The number of benzene rings is 2. The van der Waals surface area contributed by atoms with Crippen LogP contribution in [0.25, 0.3) is 0 Å². The van der Waals surface area contributed by atoms with E-state index in [9.17, 15) is 4.39 Å². The Balaban J connectivity index is 2.16. The van der Waals surface area contributed by atoms with E-state index >= 15 is 0 Å². The van der Waals surface area contributed by atoms with Gasteiger partial charge in [0.1, 0.15) is 24.2 Å². The van der Waals surface area contributed by atoms with E-state index in [0.717, 1.165) is 5.56 Å². The van der Waals surface area contributed by atoms with Gasteiger partial charge in [-0.15, -0.1) is 12.6 Å². The molecule has 0 N–H and O–H groups in total. The van der Waals surface area contributed by atoms with Gasteiger partial charge in [-0.2, -0.15) is 5.26 Å². The Labute approximate surface area is 110 Å².